The highest BCUT2D eigenvalue weighted by Gasteiger charge is 2.52. The van der Waals surface area contributed by atoms with Crippen LogP contribution < -0.4 is 0 Å². The molecule has 41 heavy (non-hydrogen) atoms. The lowest BCUT2D eigenvalue weighted by Gasteiger charge is -2.40. The van der Waals surface area contributed by atoms with E-state index in [0.29, 0.717) is 28.8 Å². The number of benzene rings is 2. The minimum absolute atomic E-state index is 0.0537. The van der Waals surface area contributed by atoms with Gasteiger partial charge in [0.25, 0.3) is 0 Å². The Morgan fingerprint density at radius 3 is 2.54 bits per heavy atom. The maximum atomic E-state index is 13.2. The fourth-order valence-electron chi connectivity index (χ4n) is 7.91. The van der Waals surface area contributed by atoms with Crippen LogP contribution in [0.5, 0.6) is 0 Å². The molecule has 2 aromatic carbocycles. The summed E-state index contributed by atoms with van der Waals surface area (Å²) in [6.07, 6.45) is 6.67. The van der Waals surface area contributed by atoms with Crippen LogP contribution in [-0.4, -0.2) is 30.6 Å². The highest BCUT2D eigenvalue weighted by molar-refractivity contribution is 7.32. The molecular formula is C32H26N4O2S3. The van der Waals surface area contributed by atoms with Gasteiger partial charge in [-0.05, 0) is 48.9 Å². The minimum atomic E-state index is -0.379. The molecule has 0 N–H and O–H groups in total. The van der Waals surface area contributed by atoms with Crippen LogP contribution in [0.3, 0.4) is 0 Å². The number of carbonyl (C=O) groups is 2. The van der Waals surface area contributed by atoms with E-state index in [2.05, 4.69) is 56.8 Å². The number of nitrogens with zero attached hydrogens (tertiary/aromatic N) is 4. The molecule has 9 rings (SSSR count). The number of rotatable bonds is 2. The van der Waals surface area contributed by atoms with Crippen molar-refractivity contribution < 1.29 is 9.59 Å². The Balaban J connectivity index is 1.13. The number of aryl methyl sites for hydroxylation is 1. The highest BCUT2D eigenvalue weighted by Crippen LogP contribution is 2.50. The van der Waals surface area contributed by atoms with Crippen molar-refractivity contribution in [3.05, 3.63) is 42.5 Å². The first kappa shape index (κ1) is 24.3. The molecule has 0 aliphatic heterocycles. The van der Waals surface area contributed by atoms with Crippen molar-refractivity contribution in [3.63, 3.8) is 0 Å². The molecule has 3 fully saturated rings. The van der Waals surface area contributed by atoms with Crippen molar-refractivity contribution in [1.29, 1.82) is 0 Å². The second kappa shape index (κ2) is 8.86. The van der Waals surface area contributed by atoms with Crippen LogP contribution in [0.4, 0.5) is 5.69 Å². The van der Waals surface area contributed by atoms with Crippen LogP contribution in [-0.2, 0) is 16.6 Å². The molecule has 4 atom stereocenters. The van der Waals surface area contributed by atoms with Gasteiger partial charge in [0.2, 0.25) is 11.6 Å². The predicted molar refractivity (Wildman–Crippen MR) is 169 cm³/mol. The predicted octanol–water partition coefficient (Wildman–Crippen LogP) is 8.34. The molecule has 204 valence electrons. The Labute approximate surface area is 248 Å². The maximum Gasteiger partial charge on any atom is 0.243 e. The van der Waals surface area contributed by atoms with Gasteiger partial charge < -0.3 is 4.57 Å². The third-order valence-corrected chi connectivity index (χ3v) is 12.9. The molecule has 0 saturated heterocycles. The maximum absolute atomic E-state index is 13.2. The first-order chi connectivity index (χ1) is 20.1. The van der Waals surface area contributed by atoms with Crippen molar-refractivity contribution in [1.82, 2.24) is 13.3 Å². The molecule has 4 aromatic heterocycles. The first-order valence-corrected chi connectivity index (χ1v) is 16.8. The Morgan fingerprint density at radius 2 is 1.68 bits per heavy atom. The van der Waals surface area contributed by atoms with E-state index in [0.717, 1.165) is 28.8 Å². The van der Waals surface area contributed by atoms with Gasteiger partial charge in [0, 0.05) is 39.4 Å². The molecule has 6 aromatic rings. The number of carbonyl (C=O) groups excluding carboxylic acids is 2. The number of hydrogen-bond acceptors (Lipinski definition) is 8. The van der Waals surface area contributed by atoms with Crippen molar-refractivity contribution in [3.8, 4) is 10.4 Å². The van der Waals surface area contributed by atoms with E-state index in [9.17, 15) is 9.59 Å². The summed E-state index contributed by atoms with van der Waals surface area (Å²) in [5.41, 5.74) is 6.16. The Hall–Kier alpha value is -3.27. The van der Waals surface area contributed by atoms with Crippen LogP contribution in [0.25, 0.3) is 52.0 Å². The van der Waals surface area contributed by atoms with Crippen LogP contribution in [0, 0.1) is 23.7 Å². The Kier molecular flexibility index (Phi) is 5.26. The summed E-state index contributed by atoms with van der Waals surface area (Å²) in [5.74, 6) is 0.355. The van der Waals surface area contributed by atoms with Gasteiger partial charge in [-0.1, -0.05) is 43.9 Å². The molecule has 0 spiro atoms. The molecular weight excluding hydrogens is 569 g/mol. The van der Waals surface area contributed by atoms with Crippen LogP contribution in [0.1, 0.15) is 38.5 Å². The minimum Gasteiger partial charge on any atom is -0.342 e. The van der Waals surface area contributed by atoms with E-state index in [1.165, 1.54) is 67.9 Å². The van der Waals surface area contributed by atoms with E-state index in [-0.39, 0.29) is 23.4 Å². The molecule has 3 aliphatic rings. The van der Waals surface area contributed by atoms with Crippen LogP contribution >= 0.6 is 34.4 Å². The summed E-state index contributed by atoms with van der Waals surface area (Å²) in [5, 5.41) is 1.30. The van der Waals surface area contributed by atoms with E-state index >= 15 is 0 Å². The van der Waals surface area contributed by atoms with Gasteiger partial charge in [0.05, 0.1) is 43.6 Å². The number of hydrogen-bond donors (Lipinski definition) is 0. The second-order valence-electron chi connectivity index (χ2n) is 11.9. The fraction of sp³-hybridized carbons (Fsp3) is 0.344. The number of thiophene rings is 2. The van der Waals surface area contributed by atoms with Crippen molar-refractivity contribution >= 4 is 98.9 Å². The average molecular weight is 595 g/mol. The third kappa shape index (κ3) is 3.43. The van der Waals surface area contributed by atoms with E-state index in [1.54, 1.807) is 11.3 Å². The van der Waals surface area contributed by atoms with Crippen molar-refractivity contribution in [2.45, 2.75) is 38.5 Å². The van der Waals surface area contributed by atoms with Gasteiger partial charge in [-0.15, -0.1) is 22.7 Å². The SMILES string of the molecule is Cn1c2cc(-c3ccc(N=C4C(=O)C(=O)C5CC6CCCCC6CC45)c4nsnc34)sc2c2sc3ccccc3c21. The van der Waals surface area contributed by atoms with Gasteiger partial charge in [0.1, 0.15) is 11.0 Å². The number of ketones is 2. The number of aliphatic imine (C=N–C) groups is 1. The second-order valence-corrected chi connectivity index (χ2v) is 14.6. The zero-order valence-electron chi connectivity index (χ0n) is 22.4. The molecule has 0 radical (unpaired) electrons. The van der Waals surface area contributed by atoms with E-state index in [4.69, 9.17) is 4.99 Å². The quantitative estimate of drug-likeness (QED) is 0.189. The zero-order chi connectivity index (χ0) is 27.4. The zero-order valence-corrected chi connectivity index (χ0v) is 24.9. The molecule has 9 heteroatoms. The lowest BCUT2D eigenvalue weighted by atomic mass is 9.64. The first-order valence-electron chi connectivity index (χ1n) is 14.4. The summed E-state index contributed by atoms with van der Waals surface area (Å²) in [7, 11) is 2.15. The molecule has 0 bridgehead atoms. The molecule has 3 saturated carbocycles. The van der Waals surface area contributed by atoms with Gasteiger partial charge in [-0.25, -0.2) is 4.99 Å². The summed E-state index contributed by atoms with van der Waals surface area (Å²) < 4.78 is 15.5. The van der Waals surface area contributed by atoms with Gasteiger partial charge in [0.15, 0.2) is 0 Å². The smallest absolute Gasteiger partial charge is 0.243 e. The van der Waals surface area contributed by atoms with E-state index < -0.39 is 0 Å². The molecule has 4 heterocycles. The number of Topliss-reactive ketones (excluding diaryl/α,β-unsaturated/α-hetero) is 2. The number of fused-ring (bicyclic) bond motifs is 8. The highest BCUT2D eigenvalue weighted by atomic mass is 32.1. The average Bonchev–Trinajstić information content (AvgIpc) is 3.80. The molecule has 4 unspecified atom stereocenters. The van der Waals surface area contributed by atoms with Crippen LogP contribution in [0.15, 0.2) is 47.5 Å². The van der Waals surface area contributed by atoms with Gasteiger partial charge in [-0.3, -0.25) is 9.59 Å². The molecule has 0 amide bonds. The van der Waals surface area contributed by atoms with E-state index in [1.807, 2.05) is 17.4 Å². The lowest BCUT2D eigenvalue weighted by Crippen LogP contribution is -2.35. The third-order valence-electron chi connectivity index (χ3n) is 9.90. The Bertz CT molecular complexity index is 2110. The standard InChI is InChI=1S/C32H26N4O2S3/c1-36-22-14-24(40-31(22)32-28(36)18-8-4-5-9-23(18)39-32)17-10-11-21(27-25(17)34-41-35-27)33-26-19-12-15-6-2-3-7-16(15)13-20(19)29(37)30(26)38/h4-5,8-11,14-16,19-20H,2-3,6-7,12-13H2,1H3. The molecule has 6 nitrogen and oxygen atoms in total. The Morgan fingerprint density at radius 1 is 0.902 bits per heavy atom. The van der Waals surface area contributed by atoms with Crippen molar-refractivity contribution in [2.75, 3.05) is 0 Å². The van der Waals surface area contributed by atoms with Crippen molar-refractivity contribution in [2.24, 2.45) is 35.7 Å². The van der Waals surface area contributed by atoms with Gasteiger partial charge in [-0.2, -0.15) is 8.75 Å². The summed E-state index contributed by atoms with van der Waals surface area (Å²) in [6, 6.07) is 14.9. The summed E-state index contributed by atoms with van der Waals surface area (Å²) in [4.78, 5) is 32.3. The topological polar surface area (TPSA) is 77.2 Å². The lowest BCUT2D eigenvalue weighted by molar-refractivity contribution is -0.135. The number of aromatic nitrogens is 3. The van der Waals surface area contributed by atoms with Gasteiger partial charge >= 0.3 is 0 Å². The largest absolute Gasteiger partial charge is 0.342 e. The monoisotopic (exact) mass is 594 g/mol. The summed E-state index contributed by atoms with van der Waals surface area (Å²) in [6.45, 7) is 0. The normalized spacial score (nSPS) is 25.7. The summed E-state index contributed by atoms with van der Waals surface area (Å²) >= 11 is 4.81. The fourth-order valence-corrected chi connectivity index (χ4v) is 11.1. The van der Waals surface area contributed by atoms with Crippen LogP contribution in [0.2, 0.25) is 0 Å². The molecule has 3 aliphatic carbocycles.